The Morgan fingerprint density at radius 3 is 1.68 bits per heavy atom. The summed E-state index contributed by atoms with van der Waals surface area (Å²) >= 11 is 0. The fraction of sp³-hybridized carbons (Fsp3) is 1.00. The normalized spacial score (nSPS) is 35.4. The Hall–Kier alpha value is 0. The molecule has 5 saturated carbocycles. The molecular weight excluding hydrogens is 408 g/mol. The highest BCUT2D eigenvalue weighted by molar-refractivity contribution is 4.93. The van der Waals surface area contributed by atoms with Gasteiger partial charge in [-0.25, -0.2) is 0 Å². The van der Waals surface area contributed by atoms with Gasteiger partial charge in [0.25, 0.3) is 0 Å². The van der Waals surface area contributed by atoms with Crippen molar-refractivity contribution in [1.29, 1.82) is 0 Å². The molecule has 0 N–H and O–H groups in total. The molecule has 5 rings (SSSR count). The fourth-order valence-corrected chi connectivity index (χ4v) is 10.6. The van der Waals surface area contributed by atoms with Gasteiger partial charge in [-0.15, -0.1) is 0 Å². The zero-order chi connectivity index (χ0) is 23.2. The van der Waals surface area contributed by atoms with Gasteiger partial charge in [0.1, 0.15) is 0 Å². The highest BCUT2D eigenvalue weighted by Crippen LogP contribution is 2.53. The van der Waals surface area contributed by atoms with E-state index >= 15 is 0 Å². The van der Waals surface area contributed by atoms with Gasteiger partial charge in [0.15, 0.2) is 0 Å². The van der Waals surface area contributed by atoms with Gasteiger partial charge in [-0.2, -0.15) is 0 Å². The van der Waals surface area contributed by atoms with Gasteiger partial charge in [-0.1, -0.05) is 135 Å². The molecule has 0 bridgehead atoms. The van der Waals surface area contributed by atoms with Crippen molar-refractivity contribution in [3.05, 3.63) is 0 Å². The van der Waals surface area contributed by atoms with E-state index in [9.17, 15) is 0 Å². The summed E-state index contributed by atoms with van der Waals surface area (Å²) in [6.45, 7) is 2.69. The van der Waals surface area contributed by atoms with Crippen LogP contribution in [0.2, 0.25) is 0 Å². The van der Waals surface area contributed by atoms with Crippen molar-refractivity contribution in [1.82, 2.24) is 0 Å². The molecule has 0 heterocycles. The molecule has 6 atom stereocenters. The predicted molar refractivity (Wildman–Crippen MR) is 148 cm³/mol. The molecule has 196 valence electrons. The second-order valence-corrected chi connectivity index (χ2v) is 14.4. The van der Waals surface area contributed by atoms with Crippen LogP contribution in [0.3, 0.4) is 0 Å². The molecule has 0 heteroatoms. The van der Waals surface area contributed by atoms with Crippen LogP contribution in [0.5, 0.6) is 0 Å². The summed E-state index contributed by atoms with van der Waals surface area (Å²) in [6.07, 6.45) is 37.6. The number of rotatable bonds is 8. The summed E-state index contributed by atoms with van der Waals surface area (Å²) in [7, 11) is 0. The molecule has 34 heavy (non-hydrogen) atoms. The lowest BCUT2D eigenvalue weighted by Crippen LogP contribution is -2.40. The van der Waals surface area contributed by atoms with Gasteiger partial charge >= 0.3 is 0 Å². The Morgan fingerprint density at radius 1 is 0.471 bits per heavy atom. The van der Waals surface area contributed by atoms with Crippen molar-refractivity contribution in [2.45, 2.75) is 161 Å². The smallest absolute Gasteiger partial charge is 0.0352 e. The van der Waals surface area contributed by atoms with Crippen LogP contribution >= 0.6 is 0 Å². The third-order valence-corrected chi connectivity index (χ3v) is 12.5. The topological polar surface area (TPSA) is 0 Å². The Labute approximate surface area is 214 Å². The van der Waals surface area contributed by atoms with E-state index in [2.05, 4.69) is 6.92 Å². The van der Waals surface area contributed by atoms with Gasteiger partial charge in [-0.3, -0.25) is 0 Å². The Bertz CT molecular complexity index is 559. The molecule has 0 amide bonds. The molecule has 6 unspecified atom stereocenters. The van der Waals surface area contributed by atoms with Gasteiger partial charge in [0.05, 0.1) is 0 Å². The lowest BCUT2D eigenvalue weighted by Gasteiger charge is -2.49. The highest BCUT2D eigenvalue weighted by atomic mass is 14.5. The third kappa shape index (κ3) is 6.46. The summed E-state index contributed by atoms with van der Waals surface area (Å²) in [5.74, 6) is 9.73. The molecule has 0 saturated heterocycles. The van der Waals surface area contributed by atoms with Crippen molar-refractivity contribution in [3.8, 4) is 0 Å². The molecule has 5 fully saturated rings. The number of fused-ring (bicyclic) bond motifs is 1. The van der Waals surface area contributed by atoms with Gasteiger partial charge < -0.3 is 0 Å². The van der Waals surface area contributed by atoms with E-state index in [1.54, 1.807) is 122 Å². The minimum Gasteiger partial charge on any atom is -0.0622 e. The van der Waals surface area contributed by atoms with Crippen LogP contribution < -0.4 is 0 Å². The second kappa shape index (κ2) is 13.0. The van der Waals surface area contributed by atoms with Crippen LogP contribution in [0.25, 0.3) is 0 Å². The predicted octanol–water partition coefficient (Wildman–Crippen LogP) is 11.0. The summed E-state index contributed by atoms with van der Waals surface area (Å²) in [6, 6.07) is 0. The van der Waals surface area contributed by atoms with Crippen molar-refractivity contribution in [2.24, 2.45) is 53.3 Å². The van der Waals surface area contributed by atoms with E-state index in [4.69, 9.17) is 0 Å². The first kappa shape index (κ1) is 25.6. The lowest BCUT2D eigenvalue weighted by molar-refractivity contribution is 0.00980. The molecule has 5 aliphatic carbocycles. The minimum atomic E-state index is 0.994. The van der Waals surface area contributed by atoms with Crippen molar-refractivity contribution < 1.29 is 0 Å². The van der Waals surface area contributed by atoms with E-state index in [-0.39, 0.29) is 0 Å². The maximum absolute atomic E-state index is 2.69. The molecule has 0 aromatic rings. The standard InChI is InChI=1S/C34H60/c1-26(27-14-5-2-6-15-27)24-31(28-16-7-3-8-17-28)25-34(30-18-9-4-10-19-30)33-23-13-21-29-20-11-12-22-32(29)33/h26-34H,2-25H2,1H3. The molecule has 5 aliphatic rings. The fourth-order valence-electron chi connectivity index (χ4n) is 10.6. The second-order valence-electron chi connectivity index (χ2n) is 14.4. The van der Waals surface area contributed by atoms with Gasteiger partial charge in [-0.05, 0) is 78.9 Å². The van der Waals surface area contributed by atoms with Gasteiger partial charge in [0, 0.05) is 0 Å². The Balaban J connectivity index is 1.34. The van der Waals surface area contributed by atoms with E-state index in [1.807, 2.05) is 0 Å². The zero-order valence-corrected chi connectivity index (χ0v) is 23.2. The number of hydrogen-bond donors (Lipinski definition) is 0. The molecule has 0 aromatic heterocycles. The first-order valence-electron chi connectivity index (χ1n) is 16.8. The lowest BCUT2D eigenvalue weighted by atomic mass is 9.56. The Kier molecular flexibility index (Phi) is 9.80. The van der Waals surface area contributed by atoms with Gasteiger partial charge in [0.2, 0.25) is 0 Å². The van der Waals surface area contributed by atoms with E-state index < -0.39 is 0 Å². The largest absolute Gasteiger partial charge is 0.0622 e. The maximum Gasteiger partial charge on any atom is -0.0352 e. The van der Waals surface area contributed by atoms with E-state index in [0.29, 0.717) is 0 Å². The summed E-state index contributed by atoms with van der Waals surface area (Å²) in [5.41, 5.74) is 0. The highest BCUT2D eigenvalue weighted by Gasteiger charge is 2.43. The van der Waals surface area contributed by atoms with E-state index in [0.717, 1.165) is 53.3 Å². The molecule has 0 aliphatic heterocycles. The van der Waals surface area contributed by atoms with Crippen LogP contribution in [0.1, 0.15) is 161 Å². The van der Waals surface area contributed by atoms with Crippen LogP contribution in [0.15, 0.2) is 0 Å². The van der Waals surface area contributed by atoms with Crippen molar-refractivity contribution in [2.75, 3.05) is 0 Å². The monoisotopic (exact) mass is 468 g/mol. The quantitative estimate of drug-likeness (QED) is 0.332. The molecule has 0 spiro atoms. The average molecular weight is 469 g/mol. The molecule has 0 radical (unpaired) electrons. The Morgan fingerprint density at radius 2 is 1.00 bits per heavy atom. The third-order valence-electron chi connectivity index (χ3n) is 12.5. The summed E-state index contributed by atoms with van der Waals surface area (Å²) in [5, 5.41) is 0. The van der Waals surface area contributed by atoms with Crippen LogP contribution in [0.4, 0.5) is 0 Å². The molecular formula is C34H60. The van der Waals surface area contributed by atoms with Crippen molar-refractivity contribution in [3.63, 3.8) is 0 Å². The van der Waals surface area contributed by atoms with Crippen LogP contribution in [0, 0.1) is 53.3 Å². The summed E-state index contributed by atoms with van der Waals surface area (Å²) in [4.78, 5) is 0. The zero-order valence-electron chi connectivity index (χ0n) is 23.2. The van der Waals surface area contributed by atoms with Crippen LogP contribution in [-0.4, -0.2) is 0 Å². The molecule has 0 aromatic carbocycles. The first-order chi connectivity index (χ1) is 16.8. The minimum absolute atomic E-state index is 0.994. The van der Waals surface area contributed by atoms with E-state index in [1.165, 1.54) is 32.1 Å². The molecule has 0 nitrogen and oxygen atoms in total. The number of hydrogen-bond acceptors (Lipinski definition) is 0. The average Bonchev–Trinajstić information content (AvgIpc) is 2.92. The first-order valence-corrected chi connectivity index (χ1v) is 16.8. The maximum atomic E-state index is 2.69. The summed E-state index contributed by atoms with van der Waals surface area (Å²) < 4.78 is 0. The van der Waals surface area contributed by atoms with Crippen LogP contribution in [-0.2, 0) is 0 Å². The SMILES string of the molecule is CC(CC(CC(C1CCCCC1)C1CCCC2CCCCC21)C1CCCCC1)C1CCCCC1. The van der Waals surface area contributed by atoms with Crippen molar-refractivity contribution >= 4 is 0 Å².